The summed E-state index contributed by atoms with van der Waals surface area (Å²) in [6.07, 6.45) is 0.0459. The van der Waals surface area contributed by atoms with Gasteiger partial charge in [0.1, 0.15) is 10.8 Å². The molecule has 10 heteroatoms. The standard InChI is InChI=1S/C22H25ClN2O6S/c1-5-30-21(28)25-11-10-15-16(12-25)32-18(17(15)19(26)29-4)24-20(27)22(2,3)31-14-8-6-13(23)7-9-14/h6-9H,5,10-12H2,1-4H3,(H,24,27). The molecule has 0 unspecified atom stereocenters. The first-order valence-corrected chi connectivity index (χ1v) is 11.3. The second-order valence-electron chi connectivity index (χ2n) is 7.59. The Morgan fingerprint density at radius 3 is 2.53 bits per heavy atom. The summed E-state index contributed by atoms with van der Waals surface area (Å²) >= 11 is 7.14. The first-order chi connectivity index (χ1) is 15.2. The third-order valence-corrected chi connectivity index (χ3v) is 6.32. The van der Waals surface area contributed by atoms with E-state index in [0.717, 1.165) is 10.4 Å². The van der Waals surface area contributed by atoms with Crippen LogP contribution >= 0.6 is 22.9 Å². The SMILES string of the molecule is CCOC(=O)N1CCc2c(sc(NC(=O)C(C)(C)Oc3ccc(Cl)cc3)c2C(=O)OC)C1. The van der Waals surface area contributed by atoms with Gasteiger partial charge < -0.3 is 24.4 Å². The molecule has 3 rings (SSSR count). The highest BCUT2D eigenvalue weighted by atomic mass is 35.5. The normalized spacial score (nSPS) is 13.2. The Balaban J connectivity index is 1.84. The molecule has 0 spiro atoms. The first-order valence-electron chi connectivity index (χ1n) is 10.1. The van der Waals surface area contributed by atoms with E-state index in [1.54, 1.807) is 49.9 Å². The minimum absolute atomic E-state index is 0.282. The van der Waals surface area contributed by atoms with Gasteiger partial charge in [0, 0.05) is 16.4 Å². The number of amides is 2. The van der Waals surface area contributed by atoms with Gasteiger partial charge in [-0.25, -0.2) is 9.59 Å². The zero-order valence-electron chi connectivity index (χ0n) is 18.3. The van der Waals surface area contributed by atoms with E-state index in [4.69, 9.17) is 25.8 Å². The summed E-state index contributed by atoms with van der Waals surface area (Å²) in [5.41, 5.74) is -0.149. The molecule has 1 N–H and O–H groups in total. The molecule has 172 valence electrons. The van der Waals surface area contributed by atoms with Crippen LogP contribution in [0, 0.1) is 0 Å². The lowest BCUT2D eigenvalue weighted by molar-refractivity contribution is -0.128. The van der Waals surface area contributed by atoms with Crippen LogP contribution in [-0.4, -0.2) is 48.7 Å². The lowest BCUT2D eigenvalue weighted by atomic mass is 10.0. The fourth-order valence-electron chi connectivity index (χ4n) is 3.28. The number of ether oxygens (including phenoxy) is 3. The molecule has 32 heavy (non-hydrogen) atoms. The Kier molecular flexibility index (Phi) is 7.30. The smallest absolute Gasteiger partial charge is 0.410 e. The van der Waals surface area contributed by atoms with Gasteiger partial charge in [-0.3, -0.25) is 4.79 Å². The fraction of sp³-hybridized carbons (Fsp3) is 0.409. The minimum Gasteiger partial charge on any atom is -0.478 e. The van der Waals surface area contributed by atoms with E-state index >= 15 is 0 Å². The zero-order valence-corrected chi connectivity index (χ0v) is 19.9. The van der Waals surface area contributed by atoms with Crippen molar-refractivity contribution in [3.63, 3.8) is 0 Å². The average Bonchev–Trinajstić information content (AvgIpc) is 3.11. The second-order valence-corrected chi connectivity index (χ2v) is 9.13. The van der Waals surface area contributed by atoms with Crippen molar-refractivity contribution >= 4 is 45.9 Å². The Morgan fingerprint density at radius 2 is 1.91 bits per heavy atom. The largest absolute Gasteiger partial charge is 0.478 e. The van der Waals surface area contributed by atoms with Gasteiger partial charge in [0.05, 0.1) is 25.8 Å². The molecule has 0 fully saturated rings. The van der Waals surface area contributed by atoms with Gasteiger partial charge in [0.15, 0.2) is 5.60 Å². The molecule has 0 saturated carbocycles. The van der Waals surface area contributed by atoms with Crippen LogP contribution in [0.1, 0.15) is 41.6 Å². The number of anilines is 1. The lowest BCUT2D eigenvalue weighted by Gasteiger charge is -2.26. The molecule has 1 aliphatic rings. The van der Waals surface area contributed by atoms with Crippen LogP contribution in [0.25, 0.3) is 0 Å². The highest BCUT2D eigenvalue weighted by Crippen LogP contribution is 2.38. The summed E-state index contributed by atoms with van der Waals surface area (Å²) in [7, 11) is 1.29. The predicted octanol–water partition coefficient (Wildman–Crippen LogP) is 4.50. The van der Waals surface area contributed by atoms with Crippen molar-refractivity contribution in [2.45, 2.75) is 39.3 Å². The summed E-state index contributed by atoms with van der Waals surface area (Å²) in [5, 5.41) is 3.74. The second kappa shape index (κ2) is 9.79. The van der Waals surface area contributed by atoms with Crippen molar-refractivity contribution < 1.29 is 28.6 Å². The molecular formula is C22H25ClN2O6S. The van der Waals surface area contributed by atoms with Gasteiger partial charge in [0.2, 0.25) is 0 Å². The van der Waals surface area contributed by atoms with E-state index in [1.807, 2.05) is 0 Å². The molecule has 2 aromatic rings. The molecule has 1 aromatic carbocycles. The number of carbonyl (C=O) groups is 3. The van der Waals surface area contributed by atoms with E-state index < -0.39 is 23.6 Å². The number of hydrogen-bond acceptors (Lipinski definition) is 7. The molecular weight excluding hydrogens is 456 g/mol. The molecule has 0 saturated heterocycles. The highest BCUT2D eigenvalue weighted by Gasteiger charge is 2.35. The van der Waals surface area contributed by atoms with Crippen LogP contribution in [0.2, 0.25) is 5.02 Å². The highest BCUT2D eigenvalue weighted by molar-refractivity contribution is 7.17. The van der Waals surface area contributed by atoms with Gasteiger partial charge >= 0.3 is 12.1 Å². The molecule has 0 aliphatic carbocycles. The molecule has 1 aliphatic heterocycles. The Labute approximate surface area is 195 Å². The van der Waals surface area contributed by atoms with E-state index in [-0.39, 0.29) is 6.61 Å². The number of benzene rings is 1. The molecule has 0 bridgehead atoms. The number of carbonyl (C=O) groups excluding carboxylic acids is 3. The predicted molar refractivity (Wildman–Crippen MR) is 122 cm³/mol. The number of esters is 1. The van der Waals surface area contributed by atoms with Crippen molar-refractivity contribution in [3.8, 4) is 5.75 Å². The maximum Gasteiger partial charge on any atom is 0.410 e. The first kappa shape index (κ1) is 23.9. The van der Waals surface area contributed by atoms with Crippen LogP contribution in [-0.2, 0) is 27.2 Å². The van der Waals surface area contributed by atoms with Gasteiger partial charge in [-0.1, -0.05) is 11.6 Å². The molecule has 8 nitrogen and oxygen atoms in total. The number of nitrogens with zero attached hydrogens (tertiary/aromatic N) is 1. The Bertz CT molecular complexity index is 1020. The Hall–Kier alpha value is -2.78. The van der Waals surface area contributed by atoms with Crippen LogP contribution in [0.3, 0.4) is 0 Å². The molecule has 0 atom stereocenters. The number of fused-ring (bicyclic) bond motifs is 1. The average molecular weight is 481 g/mol. The van der Waals surface area contributed by atoms with E-state index in [9.17, 15) is 14.4 Å². The molecule has 0 radical (unpaired) electrons. The van der Waals surface area contributed by atoms with E-state index in [1.165, 1.54) is 18.4 Å². The van der Waals surface area contributed by atoms with E-state index in [0.29, 0.717) is 40.8 Å². The molecule has 2 amide bonds. The van der Waals surface area contributed by atoms with Crippen molar-refractivity contribution in [2.24, 2.45) is 0 Å². The van der Waals surface area contributed by atoms with Gasteiger partial charge in [0.25, 0.3) is 5.91 Å². The summed E-state index contributed by atoms with van der Waals surface area (Å²) < 4.78 is 15.9. The third kappa shape index (κ3) is 5.16. The fourth-order valence-corrected chi connectivity index (χ4v) is 4.65. The molecule has 1 aromatic heterocycles. The Morgan fingerprint density at radius 1 is 1.22 bits per heavy atom. The molecule has 2 heterocycles. The maximum absolute atomic E-state index is 13.0. The van der Waals surface area contributed by atoms with Crippen molar-refractivity contribution in [1.29, 1.82) is 0 Å². The van der Waals surface area contributed by atoms with Gasteiger partial charge in [-0.15, -0.1) is 11.3 Å². The monoisotopic (exact) mass is 480 g/mol. The quantitative estimate of drug-likeness (QED) is 0.612. The van der Waals surface area contributed by atoms with Crippen molar-refractivity contribution in [1.82, 2.24) is 4.90 Å². The summed E-state index contributed by atoms with van der Waals surface area (Å²) in [6.45, 7) is 5.99. The summed E-state index contributed by atoms with van der Waals surface area (Å²) in [6, 6.07) is 6.68. The number of thiophene rings is 1. The number of rotatable bonds is 6. The number of methoxy groups -OCH3 is 1. The van der Waals surface area contributed by atoms with Crippen molar-refractivity contribution in [3.05, 3.63) is 45.3 Å². The topological polar surface area (TPSA) is 94.2 Å². The number of halogens is 1. The van der Waals surface area contributed by atoms with Gasteiger partial charge in [-0.05, 0) is 57.0 Å². The minimum atomic E-state index is -1.23. The lowest BCUT2D eigenvalue weighted by Crippen LogP contribution is -2.42. The van der Waals surface area contributed by atoms with Crippen molar-refractivity contribution in [2.75, 3.05) is 25.6 Å². The summed E-state index contributed by atoms with van der Waals surface area (Å²) in [4.78, 5) is 40.1. The van der Waals surface area contributed by atoms with Crippen LogP contribution in [0.15, 0.2) is 24.3 Å². The number of hydrogen-bond donors (Lipinski definition) is 1. The van der Waals surface area contributed by atoms with E-state index in [2.05, 4.69) is 5.32 Å². The maximum atomic E-state index is 13.0. The van der Waals surface area contributed by atoms with Crippen LogP contribution in [0.4, 0.5) is 9.80 Å². The van der Waals surface area contributed by atoms with Crippen LogP contribution < -0.4 is 10.1 Å². The third-order valence-electron chi connectivity index (χ3n) is 4.93. The number of nitrogens with one attached hydrogen (secondary N) is 1. The zero-order chi connectivity index (χ0) is 23.5. The van der Waals surface area contributed by atoms with Crippen LogP contribution in [0.5, 0.6) is 5.75 Å². The summed E-state index contributed by atoms with van der Waals surface area (Å²) in [5.74, 6) is -0.490. The van der Waals surface area contributed by atoms with Gasteiger partial charge in [-0.2, -0.15) is 0 Å².